The van der Waals surface area contributed by atoms with E-state index in [1.54, 1.807) is 27.7 Å². The number of alkyl halides is 1. The van der Waals surface area contributed by atoms with E-state index >= 15 is 0 Å². The molecule has 0 fully saturated rings. The van der Waals surface area contributed by atoms with Gasteiger partial charge in [-0.2, -0.15) is 0 Å². The lowest BCUT2D eigenvalue weighted by Gasteiger charge is -2.30. The molecule has 5 nitrogen and oxygen atoms in total. The van der Waals surface area contributed by atoms with E-state index in [0.717, 1.165) is 12.0 Å². The molecule has 0 bridgehead atoms. The molecule has 3 aromatic rings. The first kappa shape index (κ1) is 23.3. The normalized spacial score (nSPS) is 12.4. The number of aryl methyl sites for hydroxylation is 1. The molecule has 0 spiro atoms. The van der Waals surface area contributed by atoms with Crippen molar-refractivity contribution in [3.05, 3.63) is 69.2 Å². The number of rotatable bonds is 7. The van der Waals surface area contributed by atoms with E-state index in [1.165, 1.54) is 0 Å². The zero-order valence-electron chi connectivity index (χ0n) is 18.2. The first-order chi connectivity index (χ1) is 14.7. The van der Waals surface area contributed by atoms with Gasteiger partial charge in [0.25, 0.3) is 5.56 Å². The summed E-state index contributed by atoms with van der Waals surface area (Å²) in [5.74, 6) is 0.577. The van der Waals surface area contributed by atoms with Gasteiger partial charge in [-0.05, 0) is 56.5 Å². The maximum absolute atomic E-state index is 13.5. The summed E-state index contributed by atoms with van der Waals surface area (Å²) in [4.78, 5) is 32.7. The number of carbonyl (C=O) groups is 1. The van der Waals surface area contributed by atoms with Gasteiger partial charge in [0, 0.05) is 11.6 Å². The number of benzene rings is 2. The number of amides is 1. The quantitative estimate of drug-likeness (QED) is 0.436. The topological polar surface area (TPSA) is 55.2 Å². The van der Waals surface area contributed by atoms with Crippen LogP contribution in [0.25, 0.3) is 16.6 Å². The molecular formula is C24H27Cl2N3O2. The van der Waals surface area contributed by atoms with Gasteiger partial charge in [0.15, 0.2) is 0 Å². The highest BCUT2D eigenvalue weighted by atomic mass is 35.5. The Balaban J connectivity index is 2.24. The van der Waals surface area contributed by atoms with Crippen LogP contribution in [0.3, 0.4) is 0 Å². The molecule has 1 unspecified atom stereocenters. The molecule has 1 heterocycles. The second kappa shape index (κ2) is 9.84. The minimum atomic E-state index is -0.456. The van der Waals surface area contributed by atoms with Crippen LogP contribution in [0.1, 0.15) is 44.6 Å². The molecule has 0 radical (unpaired) electrons. The number of fused-ring (bicyclic) bond motifs is 1. The van der Waals surface area contributed by atoms with E-state index in [0.29, 0.717) is 39.9 Å². The van der Waals surface area contributed by atoms with Gasteiger partial charge < -0.3 is 4.90 Å². The maximum Gasteiger partial charge on any atom is 0.266 e. The van der Waals surface area contributed by atoms with Crippen molar-refractivity contribution in [2.75, 3.05) is 12.4 Å². The summed E-state index contributed by atoms with van der Waals surface area (Å²) >= 11 is 12.1. The Kier molecular flexibility index (Phi) is 7.39. The average Bonchev–Trinajstić information content (AvgIpc) is 2.73. The van der Waals surface area contributed by atoms with Crippen LogP contribution in [0.2, 0.25) is 5.02 Å². The molecule has 0 saturated carbocycles. The summed E-state index contributed by atoms with van der Waals surface area (Å²) < 4.78 is 1.59. The Hall–Kier alpha value is -2.37. The number of carbonyl (C=O) groups excluding carboxylic acids is 1. The van der Waals surface area contributed by atoms with Crippen LogP contribution in [0.4, 0.5) is 0 Å². The standard InChI is InChI=1S/C24H27Cl2N3O2/c1-15(2)11-12-28(22(30)14-25)17(4)23-27-21-13-18(26)7-10-20(21)24(31)29(23)19-8-5-16(3)6-9-19/h5-10,13,15,17H,11-12,14H2,1-4H3. The monoisotopic (exact) mass is 459 g/mol. The lowest BCUT2D eigenvalue weighted by atomic mass is 10.1. The van der Waals surface area contributed by atoms with Crippen LogP contribution in [-0.2, 0) is 4.79 Å². The molecule has 7 heteroatoms. The third kappa shape index (κ3) is 5.10. The second-order valence-electron chi connectivity index (χ2n) is 8.19. The summed E-state index contributed by atoms with van der Waals surface area (Å²) in [7, 11) is 0. The summed E-state index contributed by atoms with van der Waals surface area (Å²) in [6.07, 6.45) is 0.821. The van der Waals surface area contributed by atoms with Crippen LogP contribution in [0, 0.1) is 12.8 Å². The van der Waals surface area contributed by atoms with E-state index in [1.807, 2.05) is 38.1 Å². The van der Waals surface area contributed by atoms with E-state index < -0.39 is 6.04 Å². The molecular weight excluding hydrogens is 433 g/mol. The molecule has 3 rings (SSSR count). The summed E-state index contributed by atoms with van der Waals surface area (Å²) in [6.45, 7) is 8.61. The predicted molar refractivity (Wildman–Crippen MR) is 127 cm³/mol. The SMILES string of the molecule is Cc1ccc(-n2c(C(C)N(CCC(C)C)C(=O)CCl)nc3cc(Cl)ccc3c2=O)cc1. The molecule has 0 aliphatic carbocycles. The number of aromatic nitrogens is 2. The molecule has 1 amide bonds. The smallest absolute Gasteiger partial charge is 0.266 e. The minimum absolute atomic E-state index is 0.128. The fourth-order valence-electron chi connectivity index (χ4n) is 3.55. The number of halogens is 2. The van der Waals surface area contributed by atoms with Gasteiger partial charge in [0.05, 0.1) is 22.6 Å². The van der Waals surface area contributed by atoms with Crippen molar-refractivity contribution < 1.29 is 4.79 Å². The van der Waals surface area contributed by atoms with Crippen LogP contribution < -0.4 is 5.56 Å². The highest BCUT2D eigenvalue weighted by Crippen LogP contribution is 2.25. The molecule has 0 aliphatic rings. The van der Waals surface area contributed by atoms with Crippen molar-refractivity contribution in [2.45, 2.75) is 40.2 Å². The van der Waals surface area contributed by atoms with Crippen molar-refractivity contribution in [3.63, 3.8) is 0 Å². The molecule has 164 valence electrons. The molecule has 0 N–H and O–H groups in total. The average molecular weight is 460 g/mol. The molecule has 0 saturated heterocycles. The minimum Gasteiger partial charge on any atom is -0.332 e. The second-order valence-corrected chi connectivity index (χ2v) is 8.89. The van der Waals surface area contributed by atoms with E-state index in [2.05, 4.69) is 13.8 Å². The number of hydrogen-bond acceptors (Lipinski definition) is 3. The third-order valence-corrected chi connectivity index (χ3v) is 5.84. The maximum atomic E-state index is 13.5. The first-order valence-electron chi connectivity index (χ1n) is 10.4. The fourth-order valence-corrected chi connectivity index (χ4v) is 3.87. The van der Waals surface area contributed by atoms with E-state index in [4.69, 9.17) is 28.2 Å². The predicted octanol–water partition coefficient (Wildman–Crippen LogP) is 5.52. The summed E-state index contributed by atoms with van der Waals surface area (Å²) in [5.41, 5.74) is 2.09. The van der Waals surface area contributed by atoms with Crippen molar-refractivity contribution in [2.24, 2.45) is 5.92 Å². The van der Waals surface area contributed by atoms with Gasteiger partial charge in [-0.1, -0.05) is 43.1 Å². The first-order valence-corrected chi connectivity index (χ1v) is 11.3. The fraction of sp³-hybridized carbons (Fsp3) is 0.375. The Bertz CT molecular complexity index is 1140. The summed E-state index contributed by atoms with van der Waals surface area (Å²) in [6, 6.07) is 12.3. The van der Waals surface area contributed by atoms with Crippen LogP contribution >= 0.6 is 23.2 Å². The lowest BCUT2D eigenvalue weighted by molar-refractivity contribution is -0.131. The van der Waals surface area contributed by atoms with E-state index in [9.17, 15) is 9.59 Å². The highest BCUT2D eigenvalue weighted by Gasteiger charge is 2.26. The van der Waals surface area contributed by atoms with Gasteiger partial charge >= 0.3 is 0 Å². The molecule has 31 heavy (non-hydrogen) atoms. The van der Waals surface area contributed by atoms with Crippen LogP contribution in [0.5, 0.6) is 0 Å². The van der Waals surface area contributed by atoms with Crippen molar-refractivity contribution in [3.8, 4) is 5.69 Å². The zero-order chi connectivity index (χ0) is 22.7. The van der Waals surface area contributed by atoms with Crippen LogP contribution in [-0.4, -0.2) is 32.8 Å². The number of nitrogens with zero attached hydrogens (tertiary/aromatic N) is 3. The Morgan fingerprint density at radius 3 is 2.42 bits per heavy atom. The molecule has 2 aromatic carbocycles. The third-order valence-electron chi connectivity index (χ3n) is 5.37. The van der Waals surface area contributed by atoms with Crippen molar-refractivity contribution >= 4 is 40.0 Å². The molecule has 1 atom stereocenters. The van der Waals surface area contributed by atoms with Crippen molar-refractivity contribution in [1.29, 1.82) is 0 Å². The van der Waals surface area contributed by atoms with Gasteiger partial charge in [0.1, 0.15) is 11.7 Å². The van der Waals surface area contributed by atoms with Gasteiger partial charge in [0.2, 0.25) is 5.91 Å². The Labute approximate surface area is 192 Å². The van der Waals surface area contributed by atoms with Gasteiger partial charge in [-0.15, -0.1) is 11.6 Å². The largest absolute Gasteiger partial charge is 0.332 e. The molecule has 0 aliphatic heterocycles. The lowest BCUT2D eigenvalue weighted by Crippen LogP contribution is -2.39. The van der Waals surface area contributed by atoms with Gasteiger partial charge in [-0.3, -0.25) is 14.2 Å². The van der Waals surface area contributed by atoms with Gasteiger partial charge in [-0.25, -0.2) is 4.98 Å². The van der Waals surface area contributed by atoms with Crippen LogP contribution in [0.15, 0.2) is 47.3 Å². The van der Waals surface area contributed by atoms with E-state index in [-0.39, 0.29) is 17.3 Å². The Morgan fingerprint density at radius 2 is 1.81 bits per heavy atom. The number of hydrogen-bond donors (Lipinski definition) is 0. The highest BCUT2D eigenvalue weighted by molar-refractivity contribution is 6.31. The van der Waals surface area contributed by atoms with Crippen molar-refractivity contribution in [1.82, 2.24) is 14.5 Å². The summed E-state index contributed by atoms with van der Waals surface area (Å²) in [5, 5.41) is 0.970. The Morgan fingerprint density at radius 1 is 1.13 bits per heavy atom. The zero-order valence-corrected chi connectivity index (χ0v) is 19.7. The molecule has 1 aromatic heterocycles.